The van der Waals surface area contributed by atoms with E-state index < -0.39 is 9.85 Å². The van der Waals surface area contributed by atoms with Crippen molar-refractivity contribution in [2.24, 2.45) is 11.0 Å². The average Bonchev–Trinajstić information content (AvgIpc) is 2.46. The topological polar surface area (TPSA) is 111 Å². The van der Waals surface area contributed by atoms with Gasteiger partial charge in [0, 0.05) is 12.3 Å². The minimum Gasteiger partial charge on any atom is -0.272 e. The Morgan fingerprint density at radius 1 is 1.33 bits per heavy atom. The highest BCUT2D eigenvalue weighted by Crippen LogP contribution is 2.28. The molecule has 0 aliphatic heterocycles. The number of nitrogens with zero attached hydrogens (tertiary/aromatic N) is 3. The SMILES string of the molecule is CCC(C)CC/C=N/Nc1ccc([N+](=O)[O-])cc1[N+](=O)[O-]. The van der Waals surface area contributed by atoms with Crippen molar-refractivity contribution >= 4 is 23.3 Å². The van der Waals surface area contributed by atoms with Crippen LogP contribution >= 0.6 is 0 Å². The summed E-state index contributed by atoms with van der Waals surface area (Å²) in [6.45, 7) is 4.25. The van der Waals surface area contributed by atoms with Gasteiger partial charge in [-0.05, 0) is 24.8 Å². The van der Waals surface area contributed by atoms with Crippen molar-refractivity contribution in [2.75, 3.05) is 5.43 Å². The van der Waals surface area contributed by atoms with Gasteiger partial charge >= 0.3 is 5.69 Å². The van der Waals surface area contributed by atoms with Crippen molar-refractivity contribution in [1.82, 2.24) is 0 Å². The third-order valence-electron chi connectivity index (χ3n) is 3.15. The van der Waals surface area contributed by atoms with Crippen LogP contribution in [0.25, 0.3) is 0 Å². The summed E-state index contributed by atoms with van der Waals surface area (Å²) in [5, 5.41) is 25.4. The van der Waals surface area contributed by atoms with Gasteiger partial charge in [0.15, 0.2) is 0 Å². The van der Waals surface area contributed by atoms with Crippen LogP contribution in [0.5, 0.6) is 0 Å². The molecule has 1 aromatic rings. The molecule has 0 saturated heterocycles. The molecule has 1 N–H and O–H groups in total. The second-order valence-electron chi connectivity index (χ2n) is 4.73. The minimum absolute atomic E-state index is 0.130. The summed E-state index contributed by atoms with van der Waals surface area (Å²) in [5.41, 5.74) is 1.99. The lowest BCUT2D eigenvalue weighted by Gasteiger charge is -2.04. The summed E-state index contributed by atoms with van der Waals surface area (Å²) < 4.78 is 0. The lowest BCUT2D eigenvalue weighted by atomic mass is 10.0. The summed E-state index contributed by atoms with van der Waals surface area (Å²) in [4.78, 5) is 20.2. The number of hydrazone groups is 1. The summed E-state index contributed by atoms with van der Waals surface area (Å²) >= 11 is 0. The minimum atomic E-state index is -0.677. The Hall–Kier alpha value is -2.51. The van der Waals surface area contributed by atoms with E-state index >= 15 is 0 Å². The third kappa shape index (κ3) is 5.17. The number of hydrogen-bond donors (Lipinski definition) is 1. The van der Waals surface area contributed by atoms with Gasteiger partial charge in [0.1, 0.15) is 5.69 Å². The fourth-order valence-electron chi connectivity index (χ4n) is 1.62. The Kier molecular flexibility index (Phi) is 6.25. The van der Waals surface area contributed by atoms with Gasteiger partial charge in [-0.15, -0.1) is 0 Å². The van der Waals surface area contributed by atoms with Crippen LogP contribution in [0.2, 0.25) is 0 Å². The molecule has 0 amide bonds. The predicted octanol–water partition coefficient (Wildman–Crippen LogP) is 3.73. The van der Waals surface area contributed by atoms with Crippen LogP contribution in [0.1, 0.15) is 33.1 Å². The average molecular weight is 294 g/mol. The van der Waals surface area contributed by atoms with E-state index in [1.54, 1.807) is 6.21 Å². The van der Waals surface area contributed by atoms with E-state index in [-0.39, 0.29) is 17.1 Å². The van der Waals surface area contributed by atoms with Crippen molar-refractivity contribution in [3.63, 3.8) is 0 Å². The van der Waals surface area contributed by atoms with E-state index in [1.165, 1.54) is 12.1 Å². The molecule has 0 fully saturated rings. The highest BCUT2D eigenvalue weighted by Gasteiger charge is 2.18. The highest BCUT2D eigenvalue weighted by molar-refractivity contribution is 5.67. The maximum Gasteiger partial charge on any atom is 0.301 e. The largest absolute Gasteiger partial charge is 0.301 e. The first kappa shape index (κ1) is 16.5. The van der Waals surface area contributed by atoms with Gasteiger partial charge in [0.2, 0.25) is 0 Å². The fourth-order valence-corrected chi connectivity index (χ4v) is 1.62. The van der Waals surface area contributed by atoms with Crippen LogP contribution in [-0.4, -0.2) is 16.1 Å². The number of non-ortho nitro benzene ring substituents is 1. The molecular weight excluding hydrogens is 276 g/mol. The molecule has 0 spiro atoms. The molecule has 1 unspecified atom stereocenters. The van der Waals surface area contributed by atoms with Crippen LogP contribution in [0.15, 0.2) is 23.3 Å². The van der Waals surface area contributed by atoms with Gasteiger partial charge in [0.05, 0.1) is 15.9 Å². The first-order valence-corrected chi connectivity index (χ1v) is 6.66. The Labute approximate surface area is 122 Å². The monoisotopic (exact) mass is 294 g/mol. The predicted molar refractivity (Wildman–Crippen MR) is 80.6 cm³/mol. The first-order chi connectivity index (χ1) is 9.95. The second kappa shape index (κ2) is 7.93. The smallest absolute Gasteiger partial charge is 0.272 e. The number of anilines is 1. The number of nitrogens with one attached hydrogen (secondary N) is 1. The van der Waals surface area contributed by atoms with Gasteiger partial charge in [0.25, 0.3) is 5.69 Å². The highest BCUT2D eigenvalue weighted by atomic mass is 16.6. The molecule has 114 valence electrons. The zero-order valence-corrected chi connectivity index (χ0v) is 12.0. The summed E-state index contributed by atoms with van der Waals surface area (Å²) in [6.07, 6.45) is 4.50. The van der Waals surface area contributed by atoms with E-state index in [9.17, 15) is 20.2 Å². The number of hydrogen-bond acceptors (Lipinski definition) is 6. The van der Waals surface area contributed by atoms with Gasteiger partial charge in [-0.1, -0.05) is 20.3 Å². The maximum absolute atomic E-state index is 10.9. The Balaban J connectivity index is 2.72. The molecule has 0 bridgehead atoms. The molecule has 1 atom stereocenters. The molecule has 0 heterocycles. The fraction of sp³-hybridized carbons (Fsp3) is 0.462. The molecule has 0 aliphatic carbocycles. The van der Waals surface area contributed by atoms with E-state index in [4.69, 9.17) is 0 Å². The number of benzene rings is 1. The normalized spacial score (nSPS) is 12.3. The van der Waals surface area contributed by atoms with Crippen LogP contribution in [0.4, 0.5) is 17.1 Å². The van der Waals surface area contributed by atoms with Crippen molar-refractivity contribution in [3.8, 4) is 0 Å². The molecule has 0 radical (unpaired) electrons. The van der Waals surface area contributed by atoms with Gasteiger partial charge in [-0.2, -0.15) is 5.10 Å². The third-order valence-corrected chi connectivity index (χ3v) is 3.15. The Morgan fingerprint density at radius 2 is 2.05 bits per heavy atom. The molecule has 8 nitrogen and oxygen atoms in total. The Morgan fingerprint density at radius 3 is 2.62 bits per heavy atom. The van der Waals surface area contributed by atoms with E-state index in [0.717, 1.165) is 25.3 Å². The lowest BCUT2D eigenvalue weighted by molar-refractivity contribution is -0.393. The molecule has 0 aromatic heterocycles. The van der Waals surface area contributed by atoms with Crippen molar-refractivity contribution < 1.29 is 9.85 Å². The molecule has 1 rings (SSSR count). The molecule has 0 saturated carbocycles. The molecule has 1 aromatic carbocycles. The second-order valence-corrected chi connectivity index (χ2v) is 4.73. The van der Waals surface area contributed by atoms with Crippen LogP contribution in [0, 0.1) is 26.1 Å². The maximum atomic E-state index is 10.9. The zero-order chi connectivity index (χ0) is 15.8. The standard InChI is InChI=1S/C13H18N4O4/c1-3-10(2)5-4-8-14-15-12-7-6-11(16(18)19)9-13(12)17(20)21/h6-10,15H,3-5H2,1-2H3/b14-8+. The quantitative estimate of drug-likeness (QED) is 0.446. The summed E-state index contributed by atoms with van der Waals surface area (Å²) in [7, 11) is 0. The van der Waals surface area contributed by atoms with Crippen LogP contribution in [0.3, 0.4) is 0 Å². The van der Waals surface area contributed by atoms with Gasteiger partial charge in [-0.25, -0.2) is 0 Å². The molecule has 0 aliphatic rings. The molecule has 8 heteroatoms. The van der Waals surface area contributed by atoms with E-state index in [1.807, 2.05) is 0 Å². The number of nitro groups is 2. The van der Waals surface area contributed by atoms with E-state index in [0.29, 0.717) is 5.92 Å². The van der Waals surface area contributed by atoms with Gasteiger partial charge < -0.3 is 0 Å². The van der Waals surface area contributed by atoms with E-state index in [2.05, 4.69) is 24.4 Å². The zero-order valence-electron chi connectivity index (χ0n) is 12.0. The van der Waals surface area contributed by atoms with Gasteiger partial charge in [-0.3, -0.25) is 25.7 Å². The van der Waals surface area contributed by atoms with Crippen molar-refractivity contribution in [1.29, 1.82) is 0 Å². The molecule has 21 heavy (non-hydrogen) atoms. The lowest BCUT2D eigenvalue weighted by Crippen LogP contribution is -1.99. The molecular formula is C13H18N4O4. The van der Waals surface area contributed by atoms with Crippen molar-refractivity contribution in [2.45, 2.75) is 33.1 Å². The number of nitro benzene ring substituents is 2. The van der Waals surface area contributed by atoms with Crippen molar-refractivity contribution in [3.05, 3.63) is 38.4 Å². The number of rotatable bonds is 8. The van der Waals surface area contributed by atoms with Crippen LogP contribution in [-0.2, 0) is 0 Å². The first-order valence-electron chi connectivity index (χ1n) is 6.66. The Bertz CT molecular complexity index is 545. The summed E-state index contributed by atoms with van der Waals surface area (Å²) in [5.74, 6) is 0.602. The summed E-state index contributed by atoms with van der Waals surface area (Å²) in [6, 6.07) is 3.39. The van der Waals surface area contributed by atoms with Crippen LogP contribution < -0.4 is 5.43 Å².